The number of hydrogen-bond acceptors (Lipinski definition) is 1. The van der Waals surface area contributed by atoms with Crippen LogP contribution in [0.15, 0.2) is 11.6 Å². The van der Waals surface area contributed by atoms with Crippen LogP contribution < -0.4 is 0 Å². The van der Waals surface area contributed by atoms with Gasteiger partial charge < -0.3 is 0 Å². The van der Waals surface area contributed by atoms with E-state index in [4.69, 9.17) is 11.6 Å². The Hall–Kier alpha value is -0.0100. The molecule has 2 heteroatoms. The molecule has 0 radical (unpaired) electrons. The van der Waals surface area contributed by atoms with Crippen LogP contribution in [-0.2, 0) is 0 Å². The number of hydrogen-bond donors (Lipinski definition) is 0. The van der Waals surface area contributed by atoms with Gasteiger partial charge in [0.2, 0.25) is 0 Å². The van der Waals surface area contributed by atoms with Crippen molar-refractivity contribution in [2.45, 2.75) is 38.1 Å². The summed E-state index contributed by atoms with van der Waals surface area (Å²) in [6, 6.07) is 0.876. The SMILES string of the molecule is Cl/C=C/CN1CC[C@H]2CCCC[C@H]21. The van der Waals surface area contributed by atoms with E-state index >= 15 is 0 Å². The summed E-state index contributed by atoms with van der Waals surface area (Å²) in [5.74, 6) is 0.998. The van der Waals surface area contributed by atoms with Crippen LogP contribution in [0.5, 0.6) is 0 Å². The quantitative estimate of drug-likeness (QED) is 0.661. The lowest BCUT2D eigenvalue weighted by atomic mass is 9.85. The van der Waals surface area contributed by atoms with Gasteiger partial charge in [0.15, 0.2) is 0 Å². The molecule has 0 amide bonds. The number of halogens is 1. The van der Waals surface area contributed by atoms with Crippen LogP contribution in [0.4, 0.5) is 0 Å². The first kappa shape index (κ1) is 9.54. The molecule has 13 heavy (non-hydrogen) atoms. The molecule has 0 aromatic heterocycles. The first-order valence-corrected chi connectivity index (χ1v) is 5.84. The minimum absolute atomic E-state index is 0.876. The van der Waals surface area contributed by atoms with E-state index < -0.39 is 0 Å². The lowest BCUT2D eigenvalue weighted by molar-refractivity contribution is 0.198. The van der Waals surface area contributed by atoms with Crippen LogP contribution in [-0.4, -0.2) is 24.0 Å². The molecule has 2 aliphatic rings. The van der Waals surface area contributed by atoms with Gasteiger partial charge in [0, 0.05) is 18.1 Å². The third kappa shape index (κ3) is 2.08. The number of likely N-dealkylation sites (tertiary alicyclic amines) is 1. The van der Waals surface area contributed by atoms with Crippen molar-refractivity contribution in [1.82, 2.24) is 4.90 Å². The molecule has 1 nitrogen and oxygen atoms in total. The zero-order valence-corrected chi connectivity index (χ0v) is 8.84. The second-order valence-electron chi connectivity index (χ2n) is 4.26. The van der Waals surface area contributed by atoms with E-state index in [0.717, 1.165) is 18.5 Å². The highest BCUT2D eigenvalue weighted by Crippen LogP contribution is 2.35. The number of rotatable bonds is 2. The van der Waals surface area contributed by atoms with Crippen molar-refractivity contribution in [3.05, 3.63) is 11.6 Å². The summed E-state index contributed by atoms with van der Waals surface area (Å²) in [5.41, 5.74) is 1.65. The summed E-state index contributed by atoms with van der Waals surface area (Å²) < 4.78 is 0. The lowest BCUT2D eigenvalue weighted by Crippen LogP contribution is -2.34. The lowest BCUT2D eigenvalue weighted by Gasteiger charge is -2.30. The Morgan fingerprint density at radius 3 is 2.92 bits per heavy atom. The summed E-state index contributed by atoms with van der Waals surface area (Å²) in [6.07, 6.45) is 9.26. The van der Waals surface area contributed by atoms with E-state index in [-0.39, 0.29) is 0 Å². The molecule has 1 heterocycles. The Balaban J connectivity index is 1.91. The molecule has 74 valence electrons. The summed E-state index contributed by atoms with van der Waals surface area (Å²) in [6.45, 7) is 2.35. The van der Waals surface area contributed by atoms with Gasteiger partial charge in [-0.05, 0) is 31.7 Å². The van der Waals surface area contributed by atoms with Gasteiger partial charge >= 0.3 is 0 Å². The molecule has 2 rings (SSSR count). The normalized spacial score (nSPS) is 35.5. The molecule has 1 saturated heterocycles. The smallest absolute Gasteiger partial charge is 0.0177 e. The van der Waals surface area contributed by atoms with E-state index in [1.54, 1.807) is 5.54 Å². The molecule has 0 spiro atoms. The van der Waals surface area contributed by atoms with Crippen molar-refractivity contribution >= 4 is 11.6 Å². The molecule has 1 aliphatic carbocycles. The molecule has 0 bridgehead atoms. The Bertz CT molecular complexity index is 191. The van der Waals surface area contributed by atoms with Gasteiger partial charge in [-0.25, -0.2) is 0 Å². The van der Waals surface area contributed by atoms with Crippen molar-refractivity contribution in [1.29, 1.82) is 0 Å². The molecule has 1 aliphatic heterocycles. The Labute approximate surface area is 85.8 Å². The van der Waals surface area contributed by atoms with E-state index in [1.165, 1.54) is 38.6 Å². The molecular weight excluding hydrogens is 182 g/mol. The third-order valence-electron chi connectivity index (χ3n) is 3.55. The summed E-state index contributed by atoms with van der Waals surface area (Å²) >= 11 is 5.55. The molecule has 0 N–H and O–H groups in total. The highest BCUT2D eigenvalue weighted by Gasteiger charge is 2.34. The fourth-order valence-corrected chi connectivity index (χ4v) is 2.98. The van der Waals surface area contributed by atoms with Crippen LogP contribution >= 0.6 is 11.6 Å². The predicted octanol–water partition coefficient (Wildman–Crippen LogP) is 3.00. The minimum Gasteiger partial charge on any atom is -0.296 e. The van der Waals surface area contributed by atoms with E-state index in [1.807, 2.05) is 0 Å². The molecular formula is C11H18ClN. The highest BCUT2D eigenvalue weighted by atomic mass is 35.5. The van der Waals surface area contributed by atoms with Crippen LogP contribution in [0.2, 0.25) is 0 Å². The Kier molecular flexibility index (Phi) is 3.28. The summed E-state index contributed by atoms with van der Waals surface area (Å²) in [7, 11) is 0. The van der Waals surface area contributed by atoms with Gasteiger partial charge in [-0.3, -0.25) is 4.90 Å². The maximum atomic E-state index is 5.55. The van der Waals surface area contributed by atoms with Crippen molar-refractivity contribution in [3.8, 4) is 0 Å². The van der Waals surface area contributed by atoms with Gasteiger partial charge in [-0.2, -0.15) is 0 Å². The van der Waals surface area contributed by atoms with Crippen molar-refractivity contribution in [2.75, 3.05) is 13.1 Å². The standard InChI is InChI=1S/C11H18ClN/c12-7-3-8-13-9-6-10-4-1-2-5-11(10)13/h3,7,10-11H,1-2,4-6,8-9H2/b7-3+/t10-,11-/m1/s1. The molecule has 2 atom stereocenters. The largest absolute Gasteiger partial charge is 0.296 e. The topological polar surface area (TPSA) is 3.24 Å². The zero-order valence-electron chi connectivity index (χ0n) is 8.08. The van der Waals surface area contributed by atoms with Gasteiger partial charge in [0.05, 0.1) is 0 Å². The van der Waals surface area contributed by atoms with Crippen molar-refractivity contribution in [2.24, 2.45) is 5.92 Å². The van der Waals surface area contributed by atoms with Crippen molar-refractivity contribution in [3.63, 3.8) is 0 Å². The average molecular weight is 200 g/mol. The Morgan fingerprint density at radius 1 is 1.23 bits per heavy atom. The van der Waals surface area contributed by atoms with Crippen LogP contribution in [0.25, 0.3) is 0 Å². The van der Waals surface area contributed by atoms with Gasteiger partial charge in [-0.1, -0.05) is 30.5 Å². The maximum Gasteiger partial charge on any atom is 0.0177 e. The molecule has 2 fully saturated rings. The molecule has 0 aromatic carbocycles. The maximum absolute atomic E-state index is 5.55. The van der Waals surface area contributed by atoms with Crippen LogP contribution in [0.3, 0.4) is 0 Å². The summed E-state index contributed by atoms with van der Waals surface area (Å²) in [4.78, 5) is 2.60. The van der Waals surface area contributed by atoms with Crippen LogP contribution in [0.1, 0.15) is 32.1 Å². The second-order valence-corrected chi connectivity index (χ2v) is 4.51. The third-order valence-corrected chi connectivity index (χ3v) is 3.73. The zero-order chi connectivity index (χ0) is 9.10. The Morgan fingerprint density at radius 2 is 2.08 bits per heavy atom. The fraction of sp³-hybridized carbons (Fsp3) is 0.818. The number of fused-ring (bicyclic) bond motifs is 1. The first-order valence-electron chi connectivity index (χ1n) is 5.41. The predicted molar refractivity (Wildman–Crippen MR) is 56.9 cm³/mol. The van der Waals surface area contributed by atoms with Crippen LogP contribution in [0, 0.1) is 5.92 Å². The van der Waals surface area contributed by atoms with E-state index in [0.29, 0.717) is 0 Å². The highest BCUT2D eigenvalue weighted by molar-refractivity contribution is 6.25. The van der Waals surface area contributed by atoms with E-state index in [2.05, 4.69) is 11.0 Å². The van der Waals surface area contributed by atoms with Gasteiger partial charge in [0.25, 0.3) is 0 Å². The van der Waals surface area contributed by atoms with Gasteiger partial charge in [0.1, 0.15) is 0 Å². The second kappa shape index (κ2) is 4.47. The molecule has 1 saturated carbocycles. The van der Waals surface area contributed by atoms with Crippen molar-refractivity contribution < 1.29 is 0 Å². The minimum atomic E-state index is 0.876. The van der Waals surface area contributed by atoms with E-state index in [9.17, 15) is 0 Å². The summed E-state index contributed by atoms with van der Waals surface area (Å²) in [5, 5.41) is 0. The average Bonchev–Trinajstić information content (AvgIpc) is 2.58. The monoisotopic (exact) mass is 199 g/mol. The van der Waals surface area contributed by atoms with Gasteiger partial charge in [-0.15, -0.1) is 0 Å². The molecule has 0 aromatic rings. The molecule has 0 unspecified atom stereocenters. The fourth-order valence-electron chi connectivity index (χ4n) is 2.90. The first-order chi connectivity index (χ1) is 6.42. The number of nitrogens with zero attached hydrogens (tertiary/aromatic N) is 1.